The van der Waals surface area contributed by atoms with Gasteiger partial charge in [-0.25, -0.2) is 0 Å². The molecule has 0 saturated carbocycles. The molecule has 0 fully saturated rings. The van der Waals surface area contributed by atoms with E-state index in [1.165, 1.54) is 35.7 Å². The van der Waals surface area contributed by atoms with E-state index in [0.29, 0.717) is 0 Å². The Morgan fingerprint density at radius 3 is 1.55 bits per heavy atom. The molecule has 0 spiro atoms. The smallest absolute Gasteiger partial charge is 0.143 e. The number of aromatic hydroxyl groups is 1. The molecule has 0 bridgehead atoms. The van der Waals surface area contributed by atoms with Crippen molar-refractivity contribution in [3.8, 4) is 34.0 Å². The second kappa shape index (κ2) is 13.4. The SMILES string of the molecule is [CH3-].[Cl][Ru+].[O-]c1cccnc1-c1ncccc1O.c1ccc(-c2ccccc2)cc1. The summed E-state index contributed by atoms with van der Waals surface area (Å²) in [6.07, 6.45) is 2.99. The van der Waals surface area contributed by atoms with Crippen LogP contribution in [0.2, 0.25) is 0 Å². The fraction of sp³-hybridized carbons (Fsp3) is 0. The van der Waals surface area contributed by atoms with E-state index in [2.05, 4.69) is 68.2 Å². The molecule has 2 aromatic heterocycles. The molecule has 4 rings (SSSR count). The van der Waals surface area contributed by atoms with E-state index < -0.39 is 0 Å². The van der Waals surface area contributed by atoms with Gasteiger partial charge in [0.25, 0.3) is 0 Å². The normalized spacial score (nSPS) is 9.03. The van der Waals surface area contributed by atoms with Crippen molar-refractivity contribution in [2.24, 2.45) is 0 Å². The third-order valence-electron chi connectivity index (χ3n) is 3.66. The van der Waals surface area contributed by atoms with Gasteiger partial charge in [-0.2, -0.15) is 0 Å². The van der Waals surface area contributed by atoms with Crippen LogP contribution in [0.15, 0.2) is 97.3 Å². The van der Waals surface area contributed by atoms with Crippen molar-refractivity contribution in [3.63, 3.8) is 0 Å². The quantitative estimate of drug-likeness (QED) is 0.300. The zero-order valence-corrected chi connectivity index (χ0v) is 18.2. The summed E-state index contributed by atoms with van der Waals surface area (Å²) in [7, 11) is 4.57. The molecule has 150 valence electrons. The third-order valence-corrected chi connectivity index (χ3v) is 3.66. The predicted octanol–water partition coefficient (Wildman–Crippen LogP) is 5.41. The van der Waals surface area contributed by atoms with Gasteiger partial charge in [0.2, 0.25) is 0 Å². The number of hydrogen-bond acceptors (Lipinski definition) is 4. The first-order valence-corrected chi connectivity index (χ1v) is 10.5. The number of rotatable bonds is 2. The summed E-state index contributed by atoms with van der Waals surface area (Å²) >= 11 is 1.82. The fourth-order valence-electron chi connectivity index (χ4n) is 2.41. The monoisotopic (exact) mass is 493 g/mol. The largest absolute Gasteiger partial charge is 0.871 e. The maximum atomic E-state index is 11.4. The summed E-state index contributed by atoms with van der Waals surface area (Å²) in [6, 6.07) is 26.8. The molecule has 29 heavy (non-hydrogen) atoms. The van der Waals surface area contributed by atoms with Crippen molar-refractivity contribution in [1.29, 1.82) is 0 Å². The molecule has 0 unspecified atom stereocenters. The summed E-state index contributed by atoms with van der Waals surface area (Å²) in [5, 5.41) is 20.8. The predicted molar refractivity (Wildman–Crippen MR) is 113 cm³/mol. The van der Waals surface area contributed by atoms with E-state index in [-0.39, 0.29) is 30.3 Å². The van der Waals surface area contributed by atoms with E-state index in [4.69, 9.17) is 0 Å². The van der Waals surface area contributed by atoms with Crippen molar-refractivity contribution in [1.82, 2.24) is 9.97 Å². The standard InChI is InChI=1S/C12H10.C10H8N2O2.CH3.ClH.Ru/c1-3-7-11(8-4-1)12-9-5-2-6-10-12;13-7-3-1-5-11-9(7)10-8(14)4-2-6-12-10;;;/h1-10H;1-6,13-14H;1H3;1H;/q;;-1;;+2/p-2. The summed E-state index contributed by atoms with van der Waals surface area (Å²) in [5.74, 6) is -0.287. The van der Waals surface area contributed by atoms with Crippen molar-refractivity contribution in [2.75, 3.05) is 0 Å². The Labute approximate surface area is 185 Å². The van der Waals surface area contributed by atoms with Gasteiger partial charge in [-0.3, -0.25) is 9.97 Å². The molecule has 2 heterocycles. The van der Waals surface area contributed by atoms with E-state index in [1.54, 1.807) is 12.1 Å². The van der Waals surface area contributed by atoms with E-state index in [1.807, 2.05) is 29.4 Å². The van der Waals surface area contributed by atoms with Gasteiger partial charge in [-0.05, 0) is 29.3 Å². The minimum absolute atomic E-state index is 0. The Bertz CT molecular complexity index is 889. The minimum atomic E-state index is -0.249. The maximum absolute atomic E-state index is 11.4. The van der Waals surface area contributed by atoms with Crippen LogP contribution in [0, 0.1) is 7.43 Å². The van der Waals surface area contributed by atoms with Crippen molar-refractivity contribution >= 4 is 9.69 Å². The minimum Gasteiger partial charge on any atom is -0.871 e. The first-order valence-electron chi connectivity index (χ1n) is 8.26. The van der Waals surface area contributed by atoms with Gasteiger partial charge in [-0.15, -0.1) is 0 Å². The second-order valence-corrected chi connectivity index (χ2v) is 5.45. The molecule has 4 aromatic rings. The number of halogens is 1. The fourth-order valence-corrected chi connectivity index (χ4v) is 2.41. The van der Waals surface area contributed by atoms with Crippen LogP contribution in [-0.4, -0.2) is 15.1 Å². The van der Waals surface area contributed by atoms with Crippen molar-refractivity contribution in [2.45, 2.75) is 0 Å². The molecule has 6 heteroatoms. The maximum Gasteiger partial charge on any atom is 0.143 e. The van der Waals surface area contributed by atoms with Gasteiger partial charge in [0.1, 0.15) is 11.4 Å². The van der Waals surface area contributed by atoms with Crippen LogP contribution in [0.4, 0.5) is 0 Å². The Hall–Kier alpha value is -2.75. The third kappa shape index (κ3) is 7.30. The summed E-state index contributed by atoms with van der Waals surface area (Å²) in [5.41, 5.74) is 2.94. The van der Waals surface area contributed by atoms with Crippen LogP contribution in [0.3, 0.4) is 0 Å². The molecule has 0 saturated heterocycles. The molecule has 0 atom stereocenters. The first-order chi connectivity index (χ1) is 13.8. The van der Waals surface area contributed by atoms with Crippen LogP contribution in [0.25, 0.3) is 22.5 Å². The molecule has 4 nitrogen and oxygen atoms in total. The number of pyridine rings is 2. The van der Waals surface area contributed by atoms with Crippen LogP contribution < -0.4 is 5.11 Å². The number of hydrogen-bond donors (Lipinski definition) is 1. The van der Waals surface area contributed by atoms with Crippen LogP contribution in [0.5, 0.6) is 11.5 Å². The Kier molecular flexibility index (Phi) is 11.3. The van der Waals surface area contributed by atoms with Crippen molar-refractivity contribution < 1.29 is 27.5 Å². The van der Waals surface area contributed by atoms with Crippen LogP contribution >= 0.6 is 9.69 Å². The van der Waals surface area contributed by atoms with Crippen molar-refractivity contribution in [3.05, 3.63) is 105 Å². The van der Waals surface area contributed by atoms with Gasteiger partial charge in [-0.1, -0.05) is 72.5 Å². The average Bonchev–Trinajstić information content (AvgIpc) is 2.78. The van der Waals surface area contributed by atoms with Gasteiger partial charge in [0.05, 0.1) is 5.69 Å². The van der Waals surface area contributed by atoms with E-state index in [9.17, 15) is 10.2 Å². The molecule has 1 N–H and O–H groups in total. The molecular formula is C23H20ClN2O2Ru-. The first kappa shape index (κ1) is 24.3. The molecule has 0 aliphatic rings. The summed E-state index contributed by atoms with van der Waals surface area (Å²) in [4.78, 5) is 7.77. The van der Waals surface area contributed by atoms with Gasteiger partial charge < -0.3 is 17.6 Å². The van der Waals surface area contributed by atoms with Gasteiger partial charge >= 0.3 is 27.0 Å². The van der Waals surface area contributed by atoms with Gasteiger partial charge in [0.15, 0.2) is 0 Å². The molecule has 0 amide bonds. The summed E-state index contributed by atoms with van der Waals surface area (Å²) < 4.78 is 0. The Morgan fingerprint density at radius 1 is 0.655 bits per heavy atom. The molecule has 0 aliphatic carbocycles. The number of nitrogens with zero attached hydrogens (tertiary/aromatic N) is 2. The van der Waals surface area contributed by atoms with E-state index >= 15 is 0 Å². The van der Waals surface area contributed by atoms with Crippen LogP contribution in [-0.2, 0) is 17.3 Å². The van der Waals surface area contributed by atoms with Crippen LogP contribution in [0.1, 0.15) is 0 Å². The Morgan fingerprint density at radius 2 is 1.10 bits per heavy atom. The zero-order valence-electron chi connectivity index (χ0n) is 15.7. The molecule has 2 aromatic carbocycles. The zero-order chi connectivity index (χ0) is 20.2. The average molecular weight is 493 g/mol. The number of aromatic nitrogens is 2. The topological polar surface area (TPSA) is 69.1 Å². The number of benzene rings is 2. The van der Waals surface area contributed by atoms with Gasteiger partial charge in [0, 0.05) is 12.4 Å². The second-order valence-electron chi connectivity index (χ2n) is 5.45. The molecular weight excluding hydrogens is 473 g/mol. The summed E-state index contributed by atoms with van der Waals surface area (Å²) in [6.45, 7) is 0. The molecule has 0 radical (unpaired) electrons. The Balaban J connectivity index is 0.000000261. The van der Waals surface area contributed by atoms with E-state index in [0.717, 1.165) is 0 Å². The molecule has 0 aliphatic heterocycles.